The number of carbonyl (C=O) groups is 2. The number of nitrogens with zero attached hydrogens (tertiary/aromatic N) is 3. The maximum absolute atomic E-state index is 14.6. The van der Waals surface area contributed by atoms with Crippen molar-refractivity contribution in [1.82, 2.24) is 19.4 Å². The van der Waals surface area contributed by atoms with E-state index < -0.39 is 23.0 Å². The molecule has 8 nitrogen and oxygen atoms in total. The lowest BCUT2D eigenvalue weighted by Crippen LogP contribution is -2.51. The number of halogens is 2. The van der Waals surface area contributed by atoms with Crippen LogP contribution in [0.4, 0.5) is 4.39 Å². The molecule has 0 spiro atoms. The lowest BCUT2D eigenvalue weighted by atomic mass is 10.1. The fraction of sp³-hybridized carbons (Fsp3) is 0.333. The summed E-state index contributed by atoms with van der Waals surface area (Å²) in [5.41, 5.74) is -0.352. The molecular weight excluding hydrogens is 463 g/mol. The van der Waals surface area contributed by atoms with Gasteiger partial charge in [-0.05, 0) is 48.7 Å². The average Bonchev–Trinajstić information content (AvgIpc) is 3.68. The van der Waals surface area contributed by atoms with Gasteiger partial charge in [-0.2, -0.15) is 0 Å². The summed E-state index contributed by atoms with van der Waals surface area (Å²) >= 11 is 5.99. The van der Waals surface area contributed by atoms with E-state index in [1.807, 2.05) is 0 Å². The van der Waals surface area contributed by atoms with Crippen molar-refractivity contribution in [3.8, 4) is 0 Å². The summed E-state index contributed by atoms with van der Waals surface area (Å²) in [5.74, 6) is -0.848. The Balaban J connectivity index is 1.39. The molecule has 34 heavy (non-hydrogen) atoms. The molecule has 1 aliphatic carbocycles. The molecule has 1 aliphatic heterocycles. The molecule has 0 bridgehead atoms. The van der Waals surface area contributed by atoms with Crippen molar-refractivity contribution in [3.63, 3.8) is 0 Å². The Morgan fingerprint density at radius 1 is 1.00 bits per heavy atom. The monoisotopic (exact) mass is 484 g/mol. The van der Waals surface area contributed by atoms with Crippen molar-refractivity contribution in [1.29, 1.82) is 0 Å². The quantitative estimate of drug-likeness (QED) is 0.614. The molecule has 176 valence electrons. The fourth-order valence-corrected chi connectivity index (χ4v) is 4.50. The minimum absolute atomic E-state index is 0.0258. The molecule has 2 aromatic carbocycles. The van der Waals surface area contributed by atoms with Crippen LogP contribution in [0.25, 0.3) is 10.9 Å². The summed E-state index contributed by atoms with van der Waals surface area (Å²) in [6.45, 7) is 1.57. The van der Waals surface area contributed by atoms with Crippen LogP contribution < -0.4 is 11.2 Å². The van der Waals surface area contributed by atoms with Gasteiger partial charge < -0.3 is 9.80 Å². The highest BCUT2D eigenvalue weighted by Crippen LogP contribution is 2.31. The largest absolute Gasteiger partial charge is 0.339 e. The van der Waals surface area contributed by atoms with Crippen LogP contribution in [0.5, 0.6) is 0 Å². The molecule has 5 rings (SSSR count). The minimum Gasteiger partial charge on any atom is -0.339 e. The van der Waals surface area contributed by atoms with Crippen LogP contribution in [0.2, 0.25) is 5.02 Å². The van der Waals surface area contributed by atoms with Crippen molar-refractivity contribution >= 4 is 34.3 Å². The highest BCUT2D eigenvalue weighted by atomic mass is 35.5. The first kappa shape index (κ1) is 22.3. The molecule has 1 N–H and O–H groups in total. The number of hydrogen-bond donors (Lipinski definition) is 1. The summed E-state index contributed by atoms with van der Waals surface area (Å²) in [6.07, 6.45) is 1.85. The van der Waals surface area contributed by atoms with Gasteiger partial charge in [0.25, 0.3) is 11.5 Å². The molecule has 2 amide bonds. The van der Waals surface area contributed by atoms with E-state index in [1.54, 1.807) is 21.9 Å². The standard InChI is InChI=1S/C24H22ClFN4O4/c25-16-4-6-20-18(12-16)21(31)27-24(34)30(20)13-14-1-5-19(26)17(11-14)23(33)29-9-7-28(8-10-29)22(32)15-2-3-15/h1,4-6,11-12,15H,2-3,7-10,13H2,(H,27,31,34). The first-order chi connectivity index (χ1) is 16.3. The maximum Gasteiger partial charge on any atom is 0.329 e. The first-order valence-electron chi connectivity index (χ1n) is 11.1. The van der Waals surface area contributed by atoms with Crippen molar-refractivity contribution in [2.45, 2.75) is 19.4 Å². The number of hydrogen-bond acceptors (Lipinski definition) is 4. The second-order valence-corrected chi connectivity index (χ2v) is 9.15. The number of rotatable bonds is 4. The van der Waals surface area contributed by atoms with Crippen LogP contribution in [0, 0.1) is 11.7 Å². The molecule has 1 saturated heterocycles. The Hall–Kier alpha value is -3.46. The Kier molecular flexibility index (Phi) is 5.73. The van der Waals surface area contributed by atoms with Gasteiger partial charge in [-0.15, -0.1) is 0 Å². The Morgan fingerprint density at radius 2 is 1.71 bits per heavy atom. The SMILES string of the molecule is O=C(c1cc(Cn2c(=O)[nH]c(=O)c3cc(Cl)ccc32)ccc1F)N1CCN(C(=O)C2CC2)CC1. The van der Waals surface area contributed by atoms with E-state index in [0.29, 0.717) is 42.3 Å². The number of H-pyrrole nitrogens is 1. The lowest BCUT2D eigenvalue weighted by molar-refractivity contribution is -0.134. The summed E-state index contributed by atoms with van der Waals surface area (Å²) in [6, 6.07) is 8.75. The predicted molar refractivity (Wildman–Crippen MR) is 125 cm³/mol. The van der Waals surface area contributed by atoms with Gasteiger partial charge in [0.05, 0.1) is 23.0 Å². The van der Waals surface area contributed by atoms with E-state index >= 15 is 0 Å². The summed E-state index contributed by atoms with van der Waals surface area (Å²) in [4.78, 5) is 55.6. The van der Waals surface area contributed by atoms with E-state index in [1.165, 1.54) is 28.8 Å². The number of aromatic nitrogens is 2. The Labute approximate surface area is 198 Å². The van der Waals surface area contributed by atoms with Gasteiger partial charge in [0.1, 0.15) is 5.82 Å². The van der Waals surface area contributed by atoms with Gasteiger partial charge in [0, 0.05) is 37.1 Å². The molecule has 0 radical (unpaired) electrons. The Morgan fingerprint density at radius 3 is 2.41 bits per heavy atom. The number of nitrogens with one attached hydrogen (secondary N) is 1. The molecule has 3 aromatic rings. The molecule has 10 heteroatoms. The third-order valence-electron chi connectivity index (χ3n) is 6.37. The molecule has 1 saturated carbocycles. The zero-order valence-corrected chi connectivity index (χ0v) is 19.0. The summed E-state index contributed by atoms with van der Waals surface area (Å²) < 4.78 is 16.0. The number of carbonyl (C=O) groups excluding carboxylic acids is 2. The molecule has 2 heterocycles. The number of benzene rings is 2. The summed E-state index contributed by atoms with van der Waals surface area (Å²) in [7, 11) is 0. The molecule has 1 aromatic heterocycles. The summed E-state index contributed by atoms with van der Waals surface area (Å²) in [5, 5.41) is 0.612. The molecule has 0 atom stereocenters. The third kappa shape index (κ3) is 4.23. The smallest absolute Gasteiger partial charge is 0.329 e. The zero-order chi connectivity index (χ0) is 24.0. The van der Waals surface area contributed by atoms with E-state index in [2.05, 4.69) is 4.98 Å². The van der Waals surface area contributed by atoms with Crippen molar-refractivity contribution in [2.24, 2.45) is 5.92 Å². The number of piperazine rings is 1. The van der Waals surface area contributed by atoms with Crippen LogP contribution in [0.3, 0.4) is 0 Å². The van der Waals surface area contributed by atoms with E-state index in [-0.39, 0.29) is 29.3 Å². The van der Waals surface area contributed by atoms with Gasteiger partial charge in [0.15, 0.2) is 0 Å². The number of fused-ring (bicyclic) bond motifs is 1. The van der Waals surface area contributed by atoms with Crippen LogP contribution >= 0.6 is 11.6 Å². The van der Waals surface area contributed by atoms with Crippen molar-refractivity contribution in [2.75, 3.05) is 26.2 Å². The first-order valence-corrected chi connectivity index (χ1v) is 11.5. The predicted octanol–water partition coefficient (Wildman–Crippen LogP) is 2.22. The third-order valence-corrected chi connectivity index (χ3v) is 6.60. The van der Waals surface area contributed by atoms with Crippen LogP contribution in [-0.2, 0) is 11.3 Å². The van der Waals surface area contributed by atoms with Crippen molar-refractivity contribution < 1.29 is 14.0 Å². The average molecular weight is 485 g/mol. The van der Waals surface area contributed by atoms with Crippen LogP contribution in [0.15, 0.2) is 46.0 Å². The van der Waals surface area contributed by atoms with E-state index in [9.17, 15) is 23.6 Å². The van der Waals surface area contributed by atoms with Gasteiger partial charge in [-0.25, -0.2) is 9.18 Å². The van der Waals surface area contributed by atoms with Gasteiger partial charge in [0.2, 0.25) is 5.91 Å². The molecular formula is C24H22ClFN4O4. The maximum atomic E-state index is 14.6. The van der Waals surface area contributed by atoms with Gasteiger partial charge in [-0.1, -0.05) is 17.7 Å². The highest BCUT2D eigenvalue weighted by molar-refractivity contribution is 6.31. The minimum atomic E-state index is -0.657. The van der Waals surface area contributed by atoms with E-state index in [0.717, 1.165) is 12.8 Å². The highest BCUT2D eigenvalue weighted by Gasteiger charge is 2.35. The van der Waals surface area contributed by atoms with Gasteiger partial charge >= 0.3 is 5.69 Å². The van der Waals surface area contributed by atoms with E-state index in [4.69, 9.17) is 11.6 Å². The molecule has 0 unspecified atom stereocenters. The Bertz CT molecular complexity index is 1420. The zero-order valence-electron chi connectivity index (χ0n) is 18.2. The van der Waals surface area contributed by atoms with Crippen LogP contribution in [0.1, 0.15) is 28.8 Å². The second kappa shape index (κ2) is 8.72. The van der Waals surface area contributed by atoms with Crippen molar-refractivity contribution in [3.05, 3.63) is 79.2 Å². The van der Waals surface area contributed by atoms with Crippen LogP contribution in [-0.4, -0.2) is 57.3 Å². The topological polar surface area (TPSA) is 95.5 Å². The number of amides is 2. The normalized spacial score (nSPS) is 16.2. The van der Waals surface area contributed by atoms with Gasteiger partial charge in [-0.3, -0.25) is 23.9 Å². The number of aromatic amines is 1. The second-order valence-electron chi connectivity index (χ2n) is 8.71. The lowest BCUT2D eigenvalue weighted by Gasteiger charge is -2.35. The molecule has 2 aliphatic rings. The molecule has 2 fully saturated rings. The fourth-order valence-electron chi connectivity index (χ4n) is 4.33.